The van der Waals surface area contributed by atoms with Crippen molar-refractivity contribution in [2.75, 3.05) is 13.1 Å². The molecule has 1 saturated heterocycles. The van der Waals surface area contributed by atoms with E-state index in [-0.39, 0.29) is 11.5 Å². The van der Waals surface area contributed by atoms with Gasteiger partial charge in [-0.25, -0.2) is 8.78 Å². The molecule has 3 rings (SSSR count). The molecule has 1 aliphatic rings. The Balaban J connectivity index is 1.67. The predicted molar refractivity (Wildman–Crippen MR) is 78.6 cm³/mol. The van der Waals surface area contributed by atoms with Gasteiger partial charge in [-0.05, 0) is 53.3 Å². The van der Waals surface area contributed by atoms with Gasteiger partial charge in [-0.15, -0.1) is 0 Å². The zero-order valence-corrected chi connectivity index (χ0v) is 12.2. The highest BCUT2D eigenvalue weighted by Crippen LogP contribution is 2.30. The minimum atomic E-state index is -0.792. The Labute approximate surface area is 126 Å². The summed E-state index contributed by atoms with van der Waals surface area (Å²) in [7, 11) is 0. The molecular weight excluding hydrogens is 292 g/mol. The molecule has 2 aromatic rings. The number of hydrogen-bond acceptors (Lipinski definition) is 2. The number of amides is 1. The van der Waals surface area contributed by atoms with E-state index < -0.39 is 11.6 Å². The number of nitrogens with zero attached hydrogens (tertiary/aromatic N) is 1. The summed E-state index contributed by atoms with van der Waals surface area (Å²) in [6.45, 7) is 1.21. The summed E-state index contributed by atoms with van der Waals surface area (Å²) in [5, 5.41) is 4.20. The molecule has 0 unspecified atom stereocenters. The Morgan fingerprint density at radius 1 is 1.19 bits per heavy atom. The number of halogens is 2. The van der Waals surface area contributed by atoms with E-state index in [0.29, 0.717) is 19.0 Å². The number of rotatable bonds is 2. The highest BCUT2D eigenvalue weighted by atomic mass is 32.1. The monoisotopic (exact) mass is 307 g/mol. The van der Waals surface area contributed by atoms with Crippen LogP contribution < -0.4 is 0 Å². The molecule has 1 aliphatic heterocycles. The fraction of sp³-hybridized carbons (Fsp3) is 0.312. The maximum atomic E-state index is 13.7. The zero-order chi connectivity index (χ0) is 14.8. The van der Waals surface area contributed by atoms with Gasteiger partial charge in [0.2, 0.25) is 0 Å². The molecule has 5 heteroatoms. The lowest BCUT2D eigenvalue weighted by molar-refractivity contribution is 0.0708. The van der Waals surface area contributed by atoms with Gasteiger partial charge in [-0.1, -0.05) is 0 Å². The van der Waals surface area contributed by atoms with Gasteiger partial charge >= 0.3 is 0 Å². The minimum Gasteiger partial charge on any atom is -0.339 e. The summed E-state index contributed by atoms with van der Waals surface area (Å²) >= 11 is 1.67. The SMILES string of the molecule is O=C(c1ccc(F)cc1F)N1CCC(c2ccsc2)CC1. The first-order valence-electron chi connectivity index (χ1n) is 6.91. The van der Waals surface area contributed by atoms with Crippen molar-refractivity contribution < 1.29 is 13.6 Å². The molecular formula is C16H15F2NOS. The molecule has 0 aliphatic carbocycles. The van der Waals surface area contributed by atoms with Crippen molar-refractivity contribution in [1.82, 2.24) is 4.90 Å². The number of carbonyl (C=O) groups is 1. The highest BCUT2D eigenvalue weighted by Gasteiger charge is 2.26. The van der Waals surface area contributed by atoms with Gasteiger partial charge in [-0.3, -0.25) is 4.79 Å². The van der Waals surface area contributed by atoms with E-state index in [2.05, 4.69) is 16.8 Å². The van der Waals surface area contributed by atoms with Crippen molar-refractivity contribution in [2.45, 2.75) is 18.8 Å². The van der Waals surface area contributed by atoms with Crippen LogP contribution in [0, 0.1) is 11.6 Å². The van der Waals surface area contributed by atoms with Crippen molar-refractivity contribution >= 4 is 17.2 Å². The van der Waals surface area contributed by atoms with Gasteiger partial charge in [0, 0.05) is 19.2 Å². The topological polar surface area (TPSA) is 20.3 Å². The van der Waals surface area contributed by atoms with Crippen LogP contribution in [0.3, 0.4) is 0 Å². The number of carbonyl (C=O) groups excluding carboxylic acids is 1. The third-order valence-electron chi connectivity index (χ3n) is 3.96. The summed E-state index contributed by atoms with van der Waals surface area (Å²) in [5.74, 6) is -1.34. The largest absolute Gasteiger partial charge is 0.339 e. The fourth-order valence-electron chi connectivity index (χ4n) is 2.76. The van der Waals surface area contributed by atoms with E-state index in [1.54, 1.807) is 16.2 Å². The van der Waals surface area contributed by atoms with E-state index in [1.807, 2.05) is 0 Å². The lowest BCUT2D eigenvalue weighted by Gasteiger charge is -2.32. The normalized spacial score (nSPS) is 16.2. The summed E-state index contributed by atoms with van der Waals surface area (Å²) in [6, 6.07) is 5.21. The van der Waals surface area contributed by atoms with E-state index in [4.69, 9.17) is 0 Å². The Hall–Kier alpha value is -1.75. The third-order valence-corrected chi connectivity index (χ3v) is 4.66. The van der Waals surface area contributed by atoms with Crippen LogP contribution in [0.1, 0.15) is 34.7 Å². The molecule has 0 spiro atoms. The summed E-state index contributed by atoms with van der Waals surface area (Å²) in [5.41, 5.74) is 1.27. The van der Waals surface area contributed by atoms with Crippen molar-refractivity contribution in [3.63, 3.8) is 0 Å². The first-order chi connectivity index (χ1) is 10.1. The maximum Gasteiger partial charge on any atom is 0.256 e. The number of benzene rings is 1. The van der Waals surface area contributed by atoms with Crippen LogP contribution in [0.2, 0.25) is 0 Å². The van der Waals surface area contributed by atoms with Gasteiger partial charge in [0.1, 0.15) is 11.6 Å². The first-order valence-corrected chi connectivity index (χ1v) is 7.86. The van der Waals surface area contributed by atoms with Crippen molar-refractivity contribution in [3.05, 3.63) is 57.8 Å². The van der Waals surface area contributed by atoms with Crippen molar-refractivity contribution in [3.8, 4) is 0 Å². The number of likely N-dealkylation sites (tertiary alicyclic amines) is 1. The fourth-order valence-corrected chi connectivity index (χ4v) is 3.50. The molecule has 0 atom stereocenters. The number of thiophene rings is 1. The number of hydrogen-bond donors (Lipinski definition) is 0. The van der Waals surface area contributed by atoms with Crippen molar-refractivity contribution in [1.29, 1.82) is 0 Å². The molecule has 2 heterocycles. The third kappa shape index (κ3) is 2.97. The van der Waals surface area contributed by atoms with Gasteiger partial charge in [0.25, 0.3) is 5.91 Å². The molecule has 0 saturated carbocycles. The molecule has 1 aromatic carbocycles. The Kier molecular flexibility index (Phi) is 4.01. The lowest BCUT2D eigenvalue weighted by Crippen LogP contribution is -2.38. The molecule has 0 radical (unpaired) electrons. The average molecular weight is 307 g/mol. The molecule has 0 bridgehead atoms. The second-order valence-electron chi connectivity index (χ2n) is 5.25. The van der Waals surface area contributed by atoms with Crippen LogP contribution in [0.5, 0.6) is 0 Å². The smallest absolute Gasteiger partial charge is 0.256 e. The quantitative estimate of drug-likeness (QED) is 0.820. The van der Waals surface area contributed by atoms with E-state index in [9.17, 15) is 13.6 Å². The zero-order valence-electron chi connectivity index (χ0n) is 11.4. The van der Waals surface area contributed by atoms with Crippen LogP contribution in [-0.2, 0) is 0 Å². The molecule has 1 aromatic heterocycles. The van der Waals surface area contributed by atoms with Crippen LogP contribution in [0.4, 0.5) is 8.78 Å². The summed E-state index contributed by atoms with van der Waals surface area (Å²) in [4.78, 5) is 13.9. The predicted octanol–water partition coefficient (Wildman–Crippen LogP) is 4.05. The maximum absolute atomic E-state index is 13.7. The van der Waals surface area contributed by atoms with Crippen molar-refractivity contribution in [2.24, 2.45) is 0 Å². The van der Waals surface area contributed by atoms with Crippen LogP contribution in [0.25, 0.3) is 0 Å². The van der Waals surface area contributed by atoms with Gasteiger partial charge in [0.15, 0.2) is 0 Å². The van der Waals surface area contributed by atoms with Crippen LogP contribution >= 0.6 is 11.3 Å². The second kappa shape index (κ2) is 5.93. The molecule has 21 heavy (non-hydrogen) atoms. The summed E-state index contributed by atoms with van der Waals surface area (Å²) in [6.07, 6.45) is 1.76. The lowest BCUT2D eigenvalue weighted by atomic mass is 9.91. The first kappa shape index (κ1) is 14.2. The second-order valence-corrected chi connectivity index (χ2v) is 6.03. The van der Waals surface area contributed by atoms with Gasteiger partial charge in [0.05, 0.1) is 5.56 Å². The standard InChI is InChI=1S/C16H15F2NOS/c17-13-1-2-14(15(18)9-13)16(20)19-6-3-11(4-7-19)12-5-8-21-10-12/h1-2,5,8-11H,3-4,6-7H2. The molecule has 2 nitrogen and oxygen atoms in total. The Bertz CT molecular complexity index is 634. The Morgan fingerprint density at radius 2 is 1.95 bits per heavy atom. The van der Waals surface area contributed by atoms with Gasteiger partial charge in [-0.2, -0.15) is 11.3 Å². The number of piperidine rings is 1. The molecule has 110 valence electrons. The van der Waals surface area contributed by atoms with E-state index >= 15 is 0 Å². The Morgan fingerprint density at radius 3 is 2.57 bits per heavy atom. The minimum absolute atomic E-state index is 0.0506. The summed E-state index contributed by atoms with van der Waals surface area (Å²) < 4.78 is 26.6. The van der Waals surface area contributed by atoms with E-state index in [0.717, 1.165) is 25.0 Å². The van der Waals surface area contributed by atoms with Crippen LogP contribution in [-0.4, -0.2) is 23.9 Å². The molecule has 1 amide bonds. The van der Waals surface area contributed by atoms with E-state index in [1.165, 1.54) is 11.6 Å². The average Bonchev–Trinajstić information content (AvgIpc) is 3.01. The molecule has 0 N–H and O–H groups in total. The van der Waals surface area contributed by atoms with Gasteiger partial charge < -0.3 is 4.90 Å². The van der Waals surface area contributed by atoms with Crippen LogP contribution in [0.15, 0.2) is 35.0 Å². The highest BCUT2D eigenvalue weighted by molar-refractivity contribution is 7.07. The molecule has 1 fully saturated rings.